The van der Waals surface area contributed by atoms with Gasteiger partial charge in [-0.05, 0) is 35.9 Å². The van der Waals surface area contributed by atoms with E-state index in [9.17, 15) is 4.79 Å². The molecule has 1 aromatic rings. The quantitative estimate of drug-likeness (QED) is 0.659. The molecule has 4 nitrogen and oxygen atoms in total. The molecule has 0 aromatic heterocycles. The summed E-state index contributed by atoms with van der Waals surface area (Å²) in [6.07, 6.45) is 0.277. The highest BCUT2D eigenvalue weighted by atomic mass is 35.5. The number of carbonyl (C=O) groups is 1. The third-order valence-electron chi connectivity index (χ3n) is 1.81. The van der Waals surface area contributed by atoms with Crippen LogP contribution in [-0.2, 0) is 11.2 Å². The largest absolute Gasteiger partial charge is 0.508 e. The van der Waals surface area contributed by atoms with Gasteiger partial charge in [-0.2, -0.15) is 0 Å². The van der Waals surface area contributed by atoms with Crippen molar-refractivity contribution in [1.82, 2.24) is 4.84 Å². The van der Waals surface area contributed by atoms with Crippen molar-refractivity contribution in [1.29, 1.82) is 0 Å². The summed E-state index contributed by atoms with van der Waals surface area (Å²) in [5.74, 6) is -0.854. The van der Waals surface area contributed by atoms with Crippen LogP contribution >= 0.6 is 11.8 Å². The molecule has 1 aromatic carbocycles. The SMILES string of the molecule is O=C(O)[C@H](Cc1ccc(O)cc1)NCl. The zero-order valence-electron chi connectivity index (χ0n) is 7.27. The summed E-state index contributed by atoms with van der Waals surface area (Å²) in [7, 11) is 0. The first kappa shape index (κ1) is 10.8. The van der Waals surface area contributed by atoms with Crippen LogP contribution in [0, 0.1) is 0 Å². The number of aromatic hydroxyl groups is 1. The predicted octanol–water partition coefficient (Wildman–Crippen LogP) is 1.13. The molecule has 1 rings (SSSR count). The van der Waals surface area contributed by atoms with Crippen molar-refractivity contribution in [2.45, 2.75) is 12.5 Å². The van der Waals surface area contributed by atoms with E-state index in [1.807, 2.05) is 0 Å². The van der Waals surface area contributed by atoms with Crippen molar-refractivity contribution >= 4 is 17.7 Å². The van der Waals surface area contributed by atoms with E-state index in [0.717, 1.165) is 5.56 Å². The number of aliphatic carboxylic acids is 1. The van der Waals surface area contributed by atoms with Crippen LogP contribution in [0.15, 0.2) is 24.3 Å². The lowest BCUT2D eigenvalue weighted by Gasteiger charge is -2.09. The van der Waals surface area contributed by atoms with Crippen LogP contribution in [-0.4, -0.2) is 22.2 Å². The first-order valence-corrected chi connectivity index (χ1v) is 4.38. The van der Waals surface area contributed by atoms with E-state index in [1.165, 1.54) is 12.1 Å². The Morgan fingerprint density at radius 1 is 1.43 bits per heavy atom. The minimum absolute atomic E-state index is 0.152. The Morgan fingerprint density at radius 3 is 2.43 bits per heavy atom. The van der Waals surface area contributed by atoms with E-state index in [-0.39, 0.29) is 12.2 Å². The number of nitrogens with one attached hydrogen (secondary N) is 1. The molecule has 0 aliphatic carbocycles. The number of phenolic OH excluding ortho intramolecular Hbond substituents is 1. The average Bonchev–Trinajstić information content (AvgIpc) is 2.16. The molecule has 0 aliphatic heterocycles. The summed E-state index contributed by atoms with van der Waals surface area (Å²) in [4.78, 5) is 12.8. The number of phenols is 1. The summed E-state index contributed by atoms with van der Waals surface area (Å²) in [5.41, 5.74) is 0.795. The van der Waals surface area contributed by atoms with Gasteiger partial charge in [0.05, 0.1) is 0 Å². The third-order valence-corrected chi connectivity index (χ3v) is 2.07. The van der Waals surface area contributed by atoms with Gasteiger partial charge in [0.2, 0.25) is 0 Å². The number of rotatable bonds is 4. The highest BCUT2D eigenvalue weighted by Gasteiger charge is 2.15. The van der Waals surface area contributed by atoms with Gasteiger partial charge < -0.3 is 10.2 Å². The topological polar surface area (TPSA) is 69.6 Å². The van der Waals surface area contributed by atoms with E-state index < -0.39 is 12.0 Å². The van der Waals surface area contributed by atoms with Crippen molar-refractivity contribution < 1.29 is 15.0 Å². The fraction of sp³-hybridized carbons (Fsp3) is 0.222. The molecule has 3 N–H and O–H groups in total. The van der Waals surface area contributed by atoms with Crippen molar-refractivity contribution in [2.24, 2.45) is 0 Å². The normalized spacial score (nSPS) is 12.4. The lowest BCUT2D eigenvalue weighted by Crippen LogP contribution is -2.32. The van der Waals surface area contributed by atoms with Gasteiger partial charge in [-0.25, -0.2) is 4.84 Å². The summed E-state index contributed by atoms with van der Waals surface area (Å²) in [5, 5.41) is 17.7. The molecule has 14 heavy (non-hydrogen) atoms. The standard InChI is InChI=1S/C9H10ClNO3/c10-11-8(9(13)14)5-6-1-3-7(12)4-2-6/h1-4,8,11-12H,5H2,(H,13,14)/t8-/m0/s1. The van der Waals surface area contributed by atoms with E-state index in [2.05, 4.69) is 4.84 Å². The Hall–Kier alpha value is -1.26. The first-order chi connectivity index (χ1) is 6.63. The Morgan fingerprint density at radius 2 is 2.00 bits per heavy atom. The molecule has 0 bridgehead atoms. The van der Waals surface area contributed by atoms with Crippen molar-refractivity contribution in [3.8, 4) is 5.75 Å². The first-order valence-electron chi connectivity index (χ1n) is 4.00. The zero-order chi connectivity index (χ0) is 10.6. The van der Waals surface area contributed by atoms with Gasteiger partial charge >= 0.3 is 5.97 Å². The van der Waals surface area contributed by atoms with Gasteiger partial charge in [-0.1, -0.05) is 12.1 Å². The van der Waals surface area contributed by atoms with Crippen LogP contribution in [0.2, 0.25) is 0 Å². The van der Waals surface area contributed by atoms with Crippen LogP contribution in [0.5, 0.6) is 5.75 Å². The summed E-state index contributed by atoms with van der Waals surface area (Å²) in [6.45, 7) is 0. The van der Waals surface area contributed by atoms with Crippen LogP contribution in [0.4, 0.5) is 0 Å². The van der Waals surface area contributed by atoms with Crippen molar-refractivity contribution in [2.75, 3.05) is 0 Å². The number of carboxylic acids is 1. The van der Waals surface area contributed by atoms with E-state index in [1.54, 1.807) is 12.1 Å². The van der Waals surface area contributed by atoms with E-state index in [4.69, 9.17) is 22.0 Å². The minimum atomic E-state index is -1.01. The van der Waals surface area contributed by atoms with E-state index >= 15 is 0 Å². The molecule has 0 unspecified atom stereocenters. The van der Waals surface area contributed by atoms with Crippen LogP contribution in [0.1, 0.15) is 5.56 Å². The minimum Gasteiger partial charge on any atom is -0.508 e. The maximum Gasteiger partial charge on any atom is 0.322 e. The lowest BCUT2D eigenvalue weighted by molar-refractivity contribution is -0.138. The molecule has 0 radical (unpaired) electrons. The third kappa shape index (κ3) is 2.90. The zero-order valence-corrected chi connectivity index (χ0v) is 8.03. The molecule has 0 saturated heterocycles. The number of hydrogen-bond donors (Lipinski definition) is 3. The molecule has 5 heteroatoms. The van der Waals surface area contributed by atoms with Crippen LogP contribution in [0.25, 0.3) is 0 Å². The molecule has 0 saturated carbocycles. The highest BCUT2D eigenvalue weighted by molar-refractivity contribution is 6.14. The van der Waals surface area contributed by atoms with Crippen LogP contribution in [0.3, 0.4) is 0 Å². The maximum absolute atomic E-state index is 10.6. The van der Waals surface area contributed by atoms with Crippen molar-refractivity contribution in [3.63, 3.8) is 0 Å². The fourth-order valence-electron chi connectivity index (χ4n) is 1.04. The average molecular weight is 216 g/mol. The van der Waals surface area contributed by atoms with Gasteiger partial charge in [-0.3, -0.25) is 4.79 Å². The summed E-state index contributed by atoms with van der Waals surface area (Å²) < 4.78 is 0. The summed E-state index contributed by atoms with van der Waals surface area (Å²) in [6, 6.07) is 5.49. The molecule has 0 aliphatic rings. The number of carboxylic acid groups (broad SMARTS) is 1. The van der Waals surface area contributed by atoms with Crippen LogP contribution < -0.4 is 4.84 Å². The molecule has 0 heterocycles. The summed E-state index contributed by atoms with van der Waals surface area (Å²) >= 11 is 5.26. The Bertz CT molecular complexity index is 312. The van der Waals surface area contributed by atoms with Gasteiger partial charge in [-0.15, -0.1) is 0 Å². The van der Waals surface area contributed by atoms with E-state index in [0.29, 0.717) is 0 Å². The molecule has 0 spiro atoms. The molecular weight excluding hydrogens is 206 g/mol. The second-order valence-electron chi connectivity index (χ2n) is 2.87. The van der Waals surface area contributed by atoms with Gasteiger partial charge in [0.25, 0.3) is 0 Å². The molecule has 76 valence electrons. The molecule has 0 fully saturated rings. The second-order valence-corrected chi connectivity index (χ2v) is 3.09. The highest BCUT2D eigenvalue weighted by Crippen LogP contribution is 2.11. The monoisotopic (exact) mass is 215 g/mol. The molecular formula is C9H10ClNO3. The molecule has 0 amide bonds. The Kier molecular flexibility index (Phi) is 3.73. The van der Waals surface area contributed by atoms with Gasteiger partial charge in [0, 0.05) is 0 Å². The van der Waals surface area contributed by atoms with Crippen molar-refractivity contribution in [3.05, 3.63) is 29.8 Å². The second kappa shape index (κ2) is 4.83. The number of hydrogen-bond acceptors (Lipinski definition) is 3. The maximum atomic E-state index is 10.6. The number of benzene rings is 1. The van der Waals surface area contributed by atoms with Gasteiger partial charge in [0.1, 0.15) is 11.8 Å². The lowest BCUT2D eigenvalue weighted by atomic mass is 10.1. The Labute approximate surface area is 86.2 Å². The van der Waals surface area contributed by atoms with Gasteiger partial charge in [0.15, 0.2) is 0 Å². The molecule has 1 atom stereocenters. The Balaban J connectivity index is 2.67. The smallest absolute Gasteiger partial charge is 0.322 e. The number of halogens is 1. The fourth-order valence-corrected chi connectivity index (χ4v) is 1.21. The predicted molar refractivity (Wildman–Crippen MR) is 52.2 cm³/mol.